The number of carbonyl (C=O) groups is 1. The summed E-state index contributed by atoms with van der Waals surface area (Å²) in [4.78, 5) is 17.5. The zero-order valence-corrected chi connectivity index (χ0v) is 16.0. The maximum Gasteiger partial charge on any atom is 0.243 e. The minimum atomic E-state index is -0.335. The first-order valence-electron chi connectivity index (χ1n) is 8.60. The highest BCUT2D eigenvalue weighted by atomic mass is 19.1. The van der Waals surface area contributed by atoms with Crippen molar-refractivity contribution in [1.29, 1.82) is 0 Å². The monoisotopic (exact) mass is 364 g/mol. The third-order valence-corrected chi connectivity index (χ3v) is 3.48. The Balaban J connectivity index is 2.67. The average molecular weight is 364 g/mol. The predicted molar refractivity (Wildman–Crippen MR) is 103 cm³/mol. The van der Waals surface area contributed by atoms with Gasteiger partial charge in [0.2, 0.25) is 5.91 Å². The smallest absolute Gasteiger partial charge is 0.243 e. The quantitative estimate of drug-likeness (QED) is 0.400. The van der Waals surface area contributed by atoms with Crippen LogP contribution in [0.4, 0.5) is 4.39 Å². The van der Waals surface area contributed by atoms with Crippen LogP contribution in [0.1, 0.15) is 20.3 Å². The number of halogens is 1. The Bertz CT molecular complexity index is 632. The minimum absolute atomic E-state index is 0.0417. The van der Waals surface area contributed by atoms with Gasteiger partial charge < -0.3 is 20.3 Å². The summed E-state index contributed by atoms with van der Waals surface area (Å²) in [6, 6.07) is 6.06. The van der Waals surface area contributed by atoms with Gasteiger partial charge in [0.25, 0.3) is 0 Å². The number of carbonyl (C=O) groups excluding carboxylic acids is 1. The predicted octanol–water partition coefficient (Wildman–Crippen LogP) is 2.18. The Hall–Kier alpha value is -2.57. The first kappa shape index (κ1) is 21.5. The fourth-order valence-corrected chi connectivity index (χ4v) is 1.91. The molecule has 0 saturated heterocycles. The van der Waals surface area contributed by atoms with Crippen molar-refractivity contribution in [2.75, 3.05) is 33.7 Å². The SMILES string of the molecule is C=C(C)CNC(=NCC(=O)N(C)C)NCC(CC)Oc1cccc(F)c1. The molecule has 1 rings (SSSR count). The summed E-state index contributed by atoms with van der Waals surface area (Å²) in [6.45, 7) is 8.78. The lowest BCUT2D eigenvalue weighted by Crippen LogP contribution is -2.43. The molecule has 1 aromatic rings. The molecule has 1 aromatic carbocycles. The standard InChI is InChI=1S/C19H29FN4O2/c1-6-16(26-17-9-7-8-15(20)10-17)12-22-19(21-11-14(2)3)23-13-18(25)24(4)5/h7-10,16H,2,6,11-13H2,1,3-5H3,(H2,21,22,23). The Kier molecular flexibility index (Phi) is 9.19. The summed E-state index contributed by atoms with van der Waals surface area (Å²) in [7, 11) is 3.37. The average Bonchev–Trinajstić information content (AvgIpc) is 2.59. The van der Waals surface area contributed by atoms with Crippen LogP contribution in [0.3, 0.4) is 0 Å². The number of ether oxygens (including phenoxy) is 1. The molecule has 0 heterocycles. The van der Waals surface area contributed by atoms with E-state index in [1.807, 2.05) is 13.8 Å². The van der Waals surface area contributed by atoms with Crippen molar-refractivity contribution in [1.82, 2.24) is 15.5 Å². The maximum absolute atomic E-state index is 13.3. The van der Waals surface area contributed by atoms with Crippen LogP contribution in [0.5, 0.6) is 5.75 Å². The lowest BCUT2D eigenvalue weighted by atomic mass is 10.2. The summed E-state index contributed by atoms with van der Waals surface area (Å²) in [5.41, 5.74) is 0.946. The van der Waals surface area contributed by atoms with Crippen molar-refractivity contribution in [3.05, 3.63) is 42.2 Å². The summed E-state index contributed by atoms with van der Waals surface area (Å²) in [5, 5.41) is 6.28. The maximum atomic E-state index is 13.3. The van der Waals surface area contributed by atoms with Crippen LogP contribution >= 0.6 is 0 Å². The molecular formula is C19H29FN4O2. The lowest BCUT2D eigenvalue weighted by Gasteiger charge is -2.20. The second-order valence-corrected chi connectivity index (χ2v) is 6.25. The molecule has 7 heteroatoms. The number of nitrogens with zero attached hydrogens (tertiary/aromatic N) is 2. The lowest BCUT2D eigenvalue weighted by molar-refractivity contribution is -0.127. The largest absolute Gasteiger partial charge is 0.489 e. The molecule has 0 aliphatic heterocycles. The molecule has 0 aromatic heterocycles. The first-order chi connectivity index (χ1) is 12.3. The highest BCUT2D eigenvalue weighted by Crippen LogP contribution is 2.14. The van der Waals surface area contributed by atoms with E-state index in [1.54, 1.807) is 26.2 Å². The molecule has 0 saturated carbocycles. The molecule has 2 N–H and O–H groups in total. The van der Waals surface area contributed by atoms with Crippen molar-refractivity contribution in [2.24, 2.45) is 4.99 Å². The van der Waals surface area contributed by atoms with E-state index in [9.17, 15) is 9.18 Å². The van der Waals surface area contributed by atoms with Crippen molar-refractivity contribution < 1.29 is 13.9 Å². The van der Waals surface area contributed by atoms with Crippen LogP contribution in [-0.4, -0.2) is 56.6 Å². The normalized spacial score (nSPS) is 12.3. The van der Waals surface area contributed by atoms with Gasteiger partial charge in [0, 0.05) is 26.7 Å². The highest BCUT2D eigenvalue weighted by Gasteiger charge is 2.11. The number of hydrogen-bond acceptors (Lipinski definition) is 3. The van der Waals surface area contributed by atoms with E-state index < -0.39 is 0 Å². The first-order valence-corrected chi connectivity index (χ1v) is 8.60. The van der Waals surface area contributed by atoms with Gasteiger partial charge in [-0.3, -0.25) is 4.79 Å². The Morgan fingerprint density at radius 3 is 2.69 bits per heavy atom. The number of rotatable bonds is 9. The van der Waals surface area contributed by atoms with Gasteiger partial charge in [-0.25, -0.2) is 9.38 Å². The van der Waals surface area contributed by atoms with Crippen LogP contribution in [0, 0.1) is 5.82 Å². The minimum Gasteiger partial charge on any atom is -0.489 e. The van der Waals surface area contributed by atoms with Crippen molar-refractivity contribution in [2.45, 2.75) is 26.4 Å². The van der Waals surface area contributed by atoms with Gasteiger partial charge in [-0.1, -0.05) is 25.1 Å². The number of benzene rings is 1. The van der Waals surface area contributed by atoms with Crippen LogP contribution in [-0.2, 0) is 4.79 Å². The molecule has 1 atom stereocenters. The fraction of sp³-hybridized carbons (Fsp3) is 0.474. The van der Waals surface area contributed by atoms with Gasteiger partial charge in [-0.05, 0) is 25.5 Å². The van der Waals surface area contributed by atoms with E-state index in [-0.39, 0.29) is 24.4 Å². The third kappa shape index (κ3) is 8.50. The molecule has 1 unspecified atom stereocenters. The van der Waals surface area contributed by atoms with Gasteiger partial charge in [-0.15, -0.1) is 0 Å². The summed E-state index contributed by atoms with van der Waals surface area (Å²) in [5.74, 6) is 0.557. The molecule has 1 amide bonds. The van der Waals surface area contributed by atoms with E-state index in [0.29, 0.717) is 24.8 Å². The Morgan fingerprint density at radius 2 is 2.12 bits per heavy atom. The number of nitrogens with one attached hydrogen (secondary N) is 2. The highest BCUT2D eigenvalue weighted by molar-refractivity contribution is 5.84. The number of amides is 1. The number of aliphatic imine (C=N–C) groups is 1. The molecule has 0 spiro atoms. The van der Waals surface area contributed by atoms with Gasteiger partial charge in [0.05, 0.1) is 6.54 Å². The molecular weight excluding hydrogens is 335 g/mol. The van der Waals surface area contributed by atoms with E-state index in [1.165, 1.54) is 17.0 Å². The van der Waals surface area contributed by atoms with Crippen LogP contribution < -0.4 is 15.4 Å². The van der Waals surface area contributed by atoms with Gasteiger partial charge in [0.1, 0.15) is 24.2 Å². The van der Waals surface area contributed by atoms with Crippen molar-refractivity contribution in [3.8, 4) is 5.75 Å². The summed E-state index contributed by atoms with van der Waals surface area (Å²) in [6.07, 6.45) is 0.562. The van der Waals surface area contributed by atoms with Crippen LogP contribution in [0.25, 0.3) is 0 Å². The zero-order valence-electron chi connectivity index (χ0n) is 16.0. The number of likely N-dealkylation sites (N-methyl/N-ethyl adjacent to an activating group) is 1. The second-order valence-electron chi connectivity index (χ2n) is 6.25. The zero-order chi connectivity index (χ0) is 19.5. The molecule has 0 aliphatic rings. The number of hydrogen-bond donors (Lipinski definition) is 2. The second kappa shape index (κ2) is 11.1. The molecule has 0 aliphatic carbocycles. The molecule has 26 heavy (non-hydrogen) atoms. The van der Waals surface area contributed by atoms with Crippen molar-refractivity contribution in [3.63, 3.8) is 0 Å². The third-order valence-electron chi connectivity index (χ3n) is 3.48. The van der Waals surface area contributed by atoms with Crippen LogP contribution in [0.15, 0.2) is 41.4 Å². The van der Waals surface area contributed by atoms with Gasteiger partial charge >= 0.3 is 0 Å². The van der Waals surface area contributed by atoms with Gasteiger partial charge in [0.15, 0.2) is 5.96 Å². The Labute approximate surface area is 155 Å². The van der Waals surface area contributed by atoms with E-state index >= 15 is 0 Å². The molecule has 6 nitrogen and oxygen atoms in total. The summed E-state index contributed by atoms with van der Waals surface area (Å²) >= 11 is 0. The Morgan fingerprint density at radius 1 is 1.38 bits per heavy atom. The molecule has 0 fully saturated rings. The van der Waals surface area contributed by atoms with E-state index in [2.05, 4.69) is 22.2 Å². The van der Waals surface area contributed by atoms with Gasteiger partial charge in [-0.2, -0.15) is 0 Å². The van der Waals surface area contributed by atoms with Crippen molar-refractivity contribution >= 4 is 11.9 Å². The number of guanidine groups is 1. The fourth-order valence-electron chi connectivity index (χ4n) is 1.91. The van der Waals surface area contributed by atoms with Crippen LogP contribution in [0.2, 0.25) is 0 Å². The topological polar surface area (TPSA) is 66.0 Å². The summed E-state index contributed by atoms with van der Waals surface area (Å²) < 4.78 is 19.1. The van der Waals surface area contributed by atoms with E-state index in [4.69, 9.17) is 4.74 Å². The van der Waals surface area contributed by atoms with E-state index in [0.717, 1.165) is 12.0 Å². The molecule has 0 bridgehead atoms. The molecule has 0 radical (unpaired) electrons. The molecule has 144 valence electrons.